The molecule has 0 bridgehead atoms. The summed E-state index contributed by atoms with van der Waals surface area (Å²) in [4.78, 5) is 6.26. The van der Waals surface area contributed by atoms with Gasteiger partial charge in [0.15, 0.2) is 29.1 Å². The lowest BCUT2D eigenvalue weighted by molar-refractivity contribution is -0.169. The molecule has 4 rings (SSSR count). The number of hydrogen-bond acceptors (Lipinski definition) is 7. The van der Waals surface area contributed by atoms with E-state index in [0.717, 1.165) is 12.1 Å². The van der Waals surface area contributed by atoms with Crippen LogP contribution in [0.1, 0.15) is 12.8 Å². The maximum Gasteiger partial charge on any atom is 0.249 e. The van der Waals surface area contributed by atoms with Gasteiger partial charge in [-0.25, -0.2) is 13.2 Å². The fourth-order valence-electron chi connectivity index (χ4n) is 3.11. The SMILES string of the molecule is Fc1ccc(Nc2nncc(N3CCC4(CC3)OCCO4)n2)c(F)c1F. The Kier molecular flexibility index (Phi) is 4.37. The molecule has 1 spiro atoms. The Balaban J connectivity index is 1.48. The molecule has 1 N–H and O–H groups in total. The molecule has 2 aliphatic rings. The van der Waals surface area contributed by atoms with Crippen molar-refractivity contribution in [3.8, 4) is 0 Å². The standard InChI is InChI=1S/C16H16F3N5O2/c17-10-1-2-11(14(19)13(10)18)21-15-22-12(9-20-23-15)24-5-3-16(4-6-24)25-7-8-26-16/h1-2,9H,3-8H2,(H,21,22,23). The average Bonchev–Trinajstić information content (AvgIpc) is 3.11. The van der Waals surface area contributed by atoms with Crippen molar-refractivity contribution in [1.29, 1.82) is 0 Å². The van der Waals surface area contributed by atoms with Crippen LogP contribution >= 0.6 is 0 Å². The second-order valence-corrected chi connectivity index (χ2v) is 6.08. The highest BCUT2D eigenvalue weighted by molar-refractivity contribution is 5.55. The highest BCUT2D eigenvalue weighted by atomic mass is 19.2. The first-order valence-electron chi connectivity index (χ1n) is 8.19. The van der Waals surface area contributed by atoms with Crippen LogP contribution in [0.5, 0.6) is 0 Å². The summed E-state index contributed by atoms with van der Waals surface area (Å²) in [6.45, 7) is 2.50. The first-order valence-corrected chi connectivity index (χ1v) is 8.19. The van der Waals surface area contributed by atoms with Crippen molar-refractivity contribution in [3.63, 3.8) is 0 Å². The minimum Gasteiger partial charge on any atom is -0.355 e. The van der Waals surface area contributed by atoms with E-state index in [4.69, 9.17) is 9.47 Å². The summed E-state index contributed by atoms with van der Waals surface area (Å²) in [6.07, 6.45) is 2.87. The van der Waals surface area contributed by atoms with Gasteiger partial charge in [-0.15, -0.1) is 5.10 Å². The summed E-state index contributed by atoms with van der Waals surface area (Å²) < 4.78 is 51.5. The molecule has 0 radical (unpaired) electrons. The molecule has 2 fully saturated rings. The van der Waals surface area contributed by atoms with Gasteiger partial charge in [-0.3, -0.25) is 0 Å². The van der Waals surface area contributed by atoms with Crippen LogP contribution in [0.25, 0.3) is 0 Å². The van der Waals surface area contributed by atoms with Crippen LogP contribution in [0.4, 0.5) is 30.6 Å². The van der Waals surface area contributed by atoms with Crippen molar-refractivity contribution in [2.75, 3.05) is 36.5 Å². The first kappa shape index (κ1) is 17.0. The van der Waals surface area contributed by atoms with Gasteiger partial charge in [0.1, 0.15) is 0 Å². The fraction of sp³-hybridized carbons (Fsp3) is 0.438. The van der Waals surface area contributed by atoms with Gasteiger partial charge >= 0.3 is 0 Å². The van der Waals surface area contributed by atoms with Crippen LogP contribution in [0.2, 0.25) is 0 Å². The molecule has 1 aromatic heterocycles. The van der Waals surface area contributed by atoms with E-state index in [1.807, 2.05) is 4.90 Å². The molecule has 0 saturated carbocycles. The molecule has 7 nitrogen and oxygen atoms in total. The zero-order valence-corrected chi connectivity index (χ0v) is 13.7. The Morgan fingerprint density at radius 3 is 2.50 bits per heavy atom. The lowest BCUT2D eigenvalue weighted by atomic mass is 10.0. The third kappa shape index (κ3) is 3.17. The largest absolute Gasteiger partial charge is 0.355 e. The molecule has 0 amide bonds. The lowest BCUT2D eigenvalue weighted by Gasteiger charge is -2.37. The van der Waals surface area contributed by atoms with Gasteiger partial charge in [0.2, 0.25) is 5.95 Å². The van der Waals surface area contributed by atoms with E-state index in [2.05, 4.69) is 20.5 Å². The molecular formula is C16H16F3N5O2. The zero-order chi connectivity index (χ0) is 18.1. The minimum absolute atomic E-state index is 0.0129. The molecule has 1 aromatic carbocycles. The highest BCUT2D eigenvalue weighted by Crippen LogP contribution is 2.32. The van der Waals surface area contributed by atoms with Crippen molar-refractivity contribution in [2.45, 2.75) is 18.6 Å². The van der Waals surface area contributed by atoms with E-state index in [-0.39, 0.29) is 11.6 Å². The quantitative estimate of drug-likeness (QED) is 0.835. The molecule has 26 heavy (non-hydrogen) atoms. The number of aromatic nitrogens is 3. The van der Waals surface area contributed by atoms with Crippen LogP contribution in [0.3, 0.4) is 0 Å². The summed E-state index contributed by atoms with van der Waals surface area (Å²) in [7, 11) is 0. The highest BCUT2D eigenvalue weighted by Gasteiger charge is 2.40. The van der Waals surface area contributed by atoms with Crippen molar-refractivity contribution < 1.29 is 22.6 Å². The number of rotatable bonds is 3. The Hall–Kier alpha value is -2.46. The van der Waals surface area contributed by atoms with Crippen molar-refractivity contribution in [1.82, 2.24) is 15.2 Å². The number of nitrogens with zero attached hydrogens (tertiary/aromatic N) is 4. The van der Waals surface area contributed by atoms with Crippen LogP contribution in [0.15, 0.2) is 18.3 Å². The fourth-order valence-corrected chi connectivity index (χ4v) is 3.11. The third-order valence-corrected chi connectivity index (χ3v) is 4.49. The number of halogens is 3. The van der Waals surface area contributed by atoms with E-state index >= 15 is 0 Å². The summed E-state index contributed by atoms with van der Waals surface area (Å²) >= 11 is 0. The lowest BCUT2D eigenvalue weighted by Crippen LogP contribution is -2.45. The van der Waals surface area contributed by atoms with Crippen LogP contribution in [0, 0.1) is 17.5 Å². The average molecular weight is 367 g/mol. The van der Waals surface area contributed by atoms with Gasteiger partial charge in [-0.1, -0.05) is 0 Å². The van der Waals surface area contributed by atoms with E-state index in [1.165, 1.54) is 6.20 Å². The molecule has 2 aromatic rings. The minimum atomic E-state index is -1.56. The molecule has 0 atom stereocenters. The van der Waals surface area contributed by atoms with Crippen molar-refractivity contribution >= 4 is 17.5 Å². The topological polar surface area (TPSA) is 72.4 Å². The number of anilines is 3. The normalized spacial score (nSPS) is 19.1. The predicted molar refractivity (Wildman–Crippen MR) is 85.5 cm³/mol. The van der Waals surface area contributed by atoms with Crippen LogP contribution < -0.4 is 10.2 Å². The molecule has 0 unspecified atom stereocenters. The molecule has 2 aliphatic heterocycles. The number of benzene rings is 1. The molecule has 0 aliphatic carbocycles. The van der Waals surface area contributed by atoms with Crippen molar-refractivity contribution in [3.05, 3.63) is 35.8 Å². The van der Waals surface area contributed by atoms with Gasteiger partial charge in [-0.2, -0.15) is 10.1 Å². The van der Waals surface area contributed by atoms with Gasteiger partial charge in [-0.05, 0) is 12.1 Å². The summed E-state index contributed by atoms with van der Waals surface area (Å²) in [5, 5.41) is 10.1. The Labute approximate surface area is 147 Å². The van der Waals surface area contributed by atoms with Crippen LogP contribution in [-0.4, -0.2) is 47.3 Å². The monoisotopic (exact) mass is 367 g/mol. The zero-order valence-electron chi connectivity index (χ0n) is 13.7. The second-order valence-electron chi connectivity index (χ2n) is 6.08. The Morgan fingerprint density at radius 2 is 1.77 bits per heavy atom. The van der Waals surface area contributed by atoms with Crippen molar-refractivity contribution in [2.24, 2.45) is 0 Å². The number of piperidine rings is 1. The number of nitrogens with one attached hydrogen (secondary N) is 1. The summed E-state index contributed by atoms with van der Waals surface area (Å²) in [5.74, 6) is -4.14. The van der Waals surface area contributed by atoms with Gasteiger partial charge in [0, 0.05) is 25.9 Å². The summed E-state index contributed by atoms with van der Waals surface area (Å²) in [6, 6.07) is 1.90. The molecule has 2 saturated heterocycles. The van der Waals surface area contributed by atoms with Gasteiger partial charge < -0.3 is 19.7 Å². The van der Waals surface area contributed by atoms with Gasteiger partial charge in [0.25, 0.3) is 0 Å². The van der Waals surface area contributed by atoms with Gasteiger partial charge in [0.05, 0.1) is 25.1 Å². The predicted octanol–water partition coefficient (Wildman–Crippen LogP) is 2.38. The second kappa shape index (κ2) is 6.69. The number of ether oxygens (including phenoxy) is 2. The van der Waals surface area contributed by atoms with E-state index < -0.39 is 23.2 Å². The van der Waals surface area contributed by atoms with Crippen LogP contribution in [-0.2, 0) is 9.47 Å². The Bertz CT molecular complexity index is 806. The molecule has 3 heterocycles. The van der Waals surface area contributed by atoms with E-state index in [1.54, 1.807) is 0 Å². The maximum atomic E-state index is 13.8. The van der Waals surface area contributed by atoms with E-state index in [0.29, 0.717) is 45.0 Å². The number of hydrogen-bond donors (Lipinski definition) is 1. The molecule has 10 heteroatoms. The maximum absolute atomic E-state index is 13.8. The summed E-state index contributed by atoms with van der Waals surface area (Å²) in [5.41, 5.74) is -0.270. The van der Waals surface area contributed by atoms with E-state index in [9.17, 15) is 13.2 Å². The molecule has 138 valence electrons. The first-order chi connectivity index (χ1) is 12.6. The third-order valence-electron chi connectivity index (χ3n) is 4.49. The Morgan fingerprint density at radius 1 is 1.04 bits per heavy atom. The molecular weight excluding hydrogens is 351 g/mol. The smallest absolute Gasteiger partial charge is 0.249 e.